The summed E-state index contributed by atoms with van der Waals surface area (Å²) in [7, 11) is 0. The zero-order valence-corrected chi connectivity index (χ0v) is 13.5. The first-order chi connectivity index (χ1) is 11.1. The van der Waals surface area contributed by atoms with Crippen LogP contribution in [0.25, 0.3) is 0 Å². The average molecular weight is 336 g/mol. The van der Waals surface area contributed by atoms with E-state index in [1.165, 1.54) is 0 Å². The number of halogens is 1. The van der Waals surface area contributed by atoms with Crippen molar-refractivity contribution >= 4 is 17.5 Å². The second-order valence-electron chi connectivity index (χ2n) is 5.53. The highest BCUT2D eigenvalue weighted by Gasteiger charge is 2.29. The molecule has 1 aromatic heterocycles. The lowest BCUT2D eigenvalue weighted by Crippen LogP contribution is -2.28. The summed E-state index contributed by atoms with van der Waals surface area (Å²) in [6.07, 6.45) is 0.824. The summed E-state index contributed by atoms with van der Waals surface area (Å²) >= 11 is 6.15. The van der Waals surface area contributed by atoms with Gasteiger partial charge in [-0.2, -0.15) is 0 Å². The average Bonchev–Trinajstić information content (AvgIpc) is 3.17. The number of hydrogen-bond acceptors (Lipinski definition) is 3. The minimum absolute atomic E-state index is 0.0599. The molecule has 2 aromatic rings. The zero-order chi connectivity index (χ0) is 16.4. The van der Waals surface area contributed by atoms with Crippen molar-refractivity contribution < 1.29 is 9.53 Å². The second kappa shape index (κ2) is 6.50. The molecule has 2 N–H and O–H groups in total. The van der Waals surface area contributed by atoms with Gasteiger partial charge >= 0.3 is 0 Å². The van der Waals surface area contributed by atoms with Gasteiger partial charge in [-0.15, -0.1) is 0 Å². The van der Waals surface area contributed by atoms with Crippen molar-refractivity contribution in [2.75, 3.05) is 19.7 Å². The molecule has 6 nitrogen and oxygen atoms in total. The van der Waals surface area contributed by atoms with Gasteiger partial charge in [-0.05, 0) is 31.5 Å². The molecule has 0 spiro atoms. The van der Waals surface area contributed by atoms with E-state index < -0.39 is 0 Å². The van der Waals surface area contributed by atoms with Gasteiger partial charge in [-0.1, -0.05) is 11.6 Å². The highest BCUT2D eigenvalue weighted by molar-refractivity contribution is 6.32. The van der Waals surface area contributed by atoms with Gasteiger partial charge in [0.2, 0.25) is 0 Å². The van der Waals surface area contributed by atoms with Gasteiger partial charge in [-0.25, -0.2) is 0 Å². The summed E-state index contributed by atoms with van der Waals surface area (Å²) in [5, 5.41) is 5.83. The normalized spacial score (nSPS) is 17.5. The van der Waals surface area contributed by atoms with Crippen molar-refractivity contribution in [3.63, 3.8) is 0 Å². The Balaban J connectivity index is 1.71. The molecule has 2 heterocycles. The summed E-state index contributed by atoms with van der Waals surface area (Å²) in [6, 6.07) is 6.63. The van der Waals surface area contributed by atoms with Crippen LogP contribution in [0.3, 0.4) is 0 Å². The van der Waals surface area contributed by atoms with Crippen LogP contribution >= 0.6 is 11.6 Å². The van der Waals surface area contributed by atoms with Gasteiger partial charge < -0.3 is 14.7 Å². The Morgan fingerprint density at radius 1 is 1.39 bits per heavy atom. The third-order valence-corrected chi connectivity index (χ3v) is 4.31. The molecule has 1 aliphatic heterocycles. The Labute approximate surface area is 138 Å². The van der Waals surface area contributed by atoms with Gasteiger partial charge in [0.05, 0.1) is 11.6 Å². The number of carbonyl (C=O) groups is 1. The van der Waals surface area contributed by atoms with Crippen molar-refractivity contribution in [2.45, 2.75) is 19.3 Å². The number of benzene rings is 1. The topological polar surface area (TPSA) is 78.2 Å². The van der Waals surface area contributed by atoms with Crippen molar-refractivity contribution in [3.8, 4) is 5.75 Å². The van der Waals surface area contributed by atoms with Crippen LogP contribution in [0.5, 0.6) is 5.75 Å². The standard InChI is InChI=1S/C16H18ClN3O3/c1-2-23-14-4-3-10(7-12(14)17)16(22)20-6-5-11(9-20)13-8-15(21)19-18-13/h3-4,7-8,11H,2,5-6,9H2,1H3,(H2,18,19,21). The number of likely N-dealkylation sites (tertiary alicyclic amines) is 1. The molecular weight excluding hydrogens is 318 g/mol. The van der Waals surface area contributed by atoms with E-state index in [9.17, 15) is 9.59 Å². The lowest BCUT2D eigenvalue weighted by Gasteiger charge is -2.17. The molecule has 1 aliphatic rings. The van der Waals surface area contributed by atoms with Crippen LogP contribution in [0, 0.1) is 0 Å². The van der Waals surface area contributed by atoms with E-state index in [4.69, 9.17) is 16.3 Å². The number of hydrogen-bond donors (Lipinski definition) is 2. The number of rotatable bonds is 4. The fourth-order valence-corrected chi connectivity index (χ4v) is 3.09. The minimum atomic E-state index is -0.150. The molecule has 3 rings (SSSR count). The van der Waals surface area contributed by atoms with E-state index in [0.717, 1.165) is 12.1 Å². The number of H-pyrrole nitrogens is 2. The quantitative estimate of drug-likeness (QED) is 0.900. The van der Waals surface area contributed by atoms with Crippen LogP contribution in [-0.4, -0.2) is 40.7 Å². The first kappa shape index (κ1) is 15.7. The third kappa shape index (κ3) is 3.27. The fraction of sp³-hybridized carbons (Fsp3) is 0.375. The van der Waals surface area contributed by atoms with Crippen molar-refractivity contribution in [3.05, 3.63) is 50.9 Å². The smallest absolute Gasteiger partial charge is 0.264 e. The summed E-state index contributed by atoms with van der Waals surface area (Å²) in [6.45, 7) is 3.64. The lowest BCUT2D eigenvalue weighted by molar-refractivity contribution is 0.0790. The highest BCUT2D eigenvalue weighted by Crippen LogP contribution is 2.29. The minimum Gasteiger partial charge on any atom is -0.492 e. The van der Waals surface area contributed by atoms with Crippen LogP contribution in [0.1, 0.15) is 35.3 Å². The molecule has 0 aliphatic carbocycles. The Bertz CT molecular complexity index is 768. The van der Waals surface area contributed by atoms with Crippen molar-refractivity contribution in [1.82, 2.24) is 15.1 Å². The van der Waals surface area contributed by atoms with Crippen LogP contribution in [0.2, 0.25) is 5.02 Å². The summed E-state index contributed by atoms with van der Waals surface area (Å²) < 4.78 is 5.38. The van der Waals surface area contributed by atoms with E-state index in [0.29, 0.717) is 36.0 Å². The van der Waals surface area contributed by atoms with Crippen LogP contribution < -0.4 is 10.3 Å². The Morgan fingerprint density at radius 2 is 2.22 bits per heavy atom. The molecule has 0 bridgehead atoms. The molecule has 1 amide bonds. The molecule has 1 unspecified atom stereocenters. The largest absolute Gasteiger partial charge is 0.492 e. The predicted octanol–water partition coefficient (Wildman–Crippen LogP) is 2.38. The van der Waals surface area contributed by atoms with Crippen molar-refractivity contribution in [2.24, 2.45) is 0 Å². The first-order valence-electron chi connectivity index (χ1n) is 7.57. The van der Waals surface area contributed by atoms with Crippen molar-refractivity contribution in [1.29, 1.82) is 0 Å². The number of carbonyl (C=O) groups excluding carboxylic acids is 1. The van der Waals surface area contributed by atoms with Gasteiger partial charge in [-0.3, -0.25) is 14.7 Å². The molecule has 1 fully saturated rings. The number of nitrogens with zero attached hydrogens (tertiary/aromatic N) is 1. The molecule has 23 heavy (non-hydrogen) atoms. The predicted molar refractivity (Wildman–Crippen MR) is 87.3 cm³/mol. The van der Waals surface area contributed by atoms with Gasteiger partial charge in [0, 0.05) is 36.3 Å². The van der Waals surface area contributed by atoms with E-state index >= 15 is 0 Å². The maximum absolute atomic E-state index is 12.6. The number of aromatic amines is 2. The highest BCUT2D eigenvalue weighted by atomic mass is 35.5. The number of ether oxygens (including phenoxy) is 1. The molecule has 122 valence electrons. The summed E-state index contributed by atoms with van der Waals surface area (Å²) in [5.41, 5.74) is 1.24. The molecular formula is C16H18ClN3O3. The Morgan fingerprint density at radius 3 is 2.87 bits per heavy atom. The van der Waals surface area contributed by atoms with Crippen LogP contribution in [0.4, 0.5) is 0 Å². The fourth-order valence-electron chi connectivity index (χ4n) is 2.85. The van der Waals surface area contributed by atoms with E-state index in [2.05, 4.69) is 10.2 Å². The molecule has 0 radical (unpaired) electrons. The zero-order valence-electron chi connectivity index (χ0n) is 12.8. The van der Waals surface area contributed by atoms with Gasteiger partial charge in [0.25, 0.3) is 11.5 Å². The van der Waals surface area contributed by atoms with Gasteiger partial charge in [0.1, 0.15) is 5.75 Å². The monoisotopic (exact) mass is 335 g/mol. The molecule has 1 saturated heterocycles. The van der Waals surface area contributed by atoms with E-state index in [1.807, 2.05) is 6.92 Å². The number of nitrogens with one attached hydrogen (secondary N) is 2. The summed E-state index contributed by atoms with van der Waals surface area (Å²) in [5.74, 6) is 0.668. The Hall–Kier alpha value is -2.21. The van der Waals surface area contributed by atoms with E-state index in [1.54, 1.807) is 29.2 Å². The molecule has 1 atom stereocenters. The molecule has 1 aromatic carbocycles. The van der Waals surface area contributed by atoms with Crippen LogP contribution in [-0.2, 0) is 0 Å². The third-order valence-electron chi connectivity index (χ3n) is 4.01. The molecule has 7 heteroatoms. The number of amides is 1. The maximum Gasteiger partial charge on any atom is 0.264 e. The second-order valence-corrected chi connectivity index (χ2v) is 5.94. The lowest BCUT2D eigenvalue weighted by atomic mass is 10.1. The maximum atomic E-state index is 12.6. The SMILES string of the molecule is CCOc1ccc(C(=O)N2CCC(c3cc(=O)[nH][nH]3)C2)cc1Cl. The van der Waals surface area contributed by atoms with Crippen LogP contribution in [0.15, 0.2) is 29.1 Å². The van der Waals surface area contributed by atoms with Gasteiger partial charge in [0.15, 0.2) is 0 Å². The Kier molecular flexibility index (Phi) is 4.43. The first-order valence-corrected chi connectivity index (χ1v) is 7.95. The van der Waals surface area contributed by atoms with E-state index in [-0.39, 0.29) is 17.4 Å². The molecule has 0 saturated carbocycles. The summed E-state index contributed by atoms with van der Waals surface area (Å²) in [4.78, 5) is 25.6. The number of aromatic nitrogens is 2.